The van der Waals surface area contributed by atoms with Gasteiger partial charge in [0.1, 0.15) is 0 Å². The second-order valence-electron chi connectivity index (χ2n) is 4.69. The quantitative estimate of drug-likeness (QED) is 0.779. The zero-order valence-corrected chi connectivity index (χ0v) is 11.3. The molecular formula is C14H22N2O2. The first-order chi connectivity index (χ1) is 8.54. The standard InChI is InChI=1S/C14H22N2O2/c1-11(14(18)16(2)3)15-13(10-17)9-12-7-5-4-6-8-12/h4-8,11,13,15,17H,9-10H2,1-3H3. The van der Waals surface area contributed by atoms with E-state index in [9.17, 15) is 9.90 Å². The molecule has 0 bridgehead atoms. The smallest absolute Gasteiger partial charge is 0.238 e. The van der Waals surface area contributed by atoms with Crippen molar-refractivity contribution in [3.63, 3.8) is 0 Å². The van der Waals surface area contributed by atoms with E-state index in [-0.39, 0.29) is 24.6 Å². The van der Waals surface area contributed by atoms with Gasteiger partial charge in [0.25, 0.3) is 0 Å². The minimum absolute atomic E-state index is 0.0138. The Bertz CT molecular complexity index is 365. The van der Waals surface area contributed by atoms with Crippen LogP contribution in [0.5, 0.6) is 0 Å². The largest absolute Gasteiger partial charge is 0.395 e. The lowest BCUT2D eigenvalue weighted by atomic mass is 10.1. The van der Waals surface area contributed by atoms with Crippen molar-refractivity contribution in [1.82, 2.24) is 10.2 Å². The van der Waals surface area contributed by atoms with Crippen LogP contribution in [0.3, 0.4) is 0 Å². The third-order valence-corrected chi connectivity index (χ3v) is 2.84. The first-order valence-electron chi connectivity index (χ1n) is 6.16. The van der Waals surface area contributed by atoms with E-state index < -0.39 is 0 Å². The van der Waals surface area contributed by atoms with Gasteiger partial charge in [0, 0.05) is 20.1 Å². The van der Waals surface area contributed by atoms with E-state index in [1.807, 2.05) is 37.3 Å². The topological polar surface area (TPSA) is 52.6 Å². The molecule has 2 unspecified atom stereocenters. The van der Waals surface area contributed by atoms with Crippen molar-refractivity contribution >= 4 is 5.91 Å². The Labute approximate surface area is 109 Å². The summed E-state index contributed by atoms with van der Waals surface area (Å²) < 4.78 is 0. The SMILES string of the molecule is CC(NC(CO)Cc1ccccc1)C(=O)N(C)C. The summed E-state index contributed by atoms with van der Waals surface area (Å²) in [4.78, 5) is 13.3. The lowest BCUT2D eigenvalue weighted by molar-refractivity contribution is -0.130. The van der Waals surface area contributed by atoms with Gasteiger partial charge in [-0.2, -0.15) is 0 Å². The van der Waals surface area contributed by atoms with Gasteiger partial charge in [-0.25, -0.2) is 0 Å². The van der Waals surface area contributed by atoms with E-state index in [2.05, 4.69) is 5.32 Å². The van der Waals surface area contributed by atoms with E-state index in [1.54, 1.807) is 19.0 Å². The lowest BCUT2D eigenvalue weighted by Crippen LogP contribution is -2.48. The molecule has 2 atom stereocenters. The van der Waals surface area contributed by atoms with Crippen LogP contribution in [0, 0.1) is 0 Å². The van der Waals surface area contributed by atoms with Gasteiger partial charge in [0.05, 0.1) is 12.6 Å². The number of hydrogen-bond acceptors (Lipinski definition) is 3. The molecule has 0 aromatic heterocycles. The third kappa shape index (κ3) is 4.47. The highest BCUT2D eigenvalue weighted by Crippen LogP contribution is 2.04. The van der Waals surface area contributed by atoms with Crippen LogP contribution < -0.4 is 5.32 Å². The monoisotopic (exact) mass is 250 g/mol. The fourth-order valence-electron chi connectivity index (χ4n) is 1.89. The lowest BCUT2D eigenvalue weighted by Gasteiger charge is -2.23. The summed E-state index contributed by atoms with van der Waals surface area (Å²) >= 11 is 0. The number of amides is 1. The number of likely N-dealkylation sites (N-methyl/N-ethyl adjacent to an activating group) is 1. The van der Waals surface area contributed by atoms with Gasteiger partial charge in [0.2, 0.25) is 5.91 Å². The zero-order chi connectivity index (χ0) is 13.5. The Morgan fingerprint density at radius 3 is 2.44 bits per heavy atom. The molecule has 0 heterocycles. The van der Waals surface area contributed by atoms with Crippen LogP contribution in [-0.2, 0) is 11.2 Å². The number of aliphatic hydroxyl groups is 1. The van der Waals surface area contributed by atoms with Crippen LogP contribution >= 0.6 is 0 Å². The van der Waals surface area contributed by atoms with Gasteiger partial charge in [-0.1, -0.05) is 30.3 Å². The molecule has 1 rings (SSSR count). The Morgan fingerprint density at radius 2 is 1.94 bits per heavy atom. The summed E-state index contributed by atoms with van der Waals surface area (Å²) in [6.07, 6.45) is 0.711. The molecule has 1 aromatic carbocycles. The fourth-order valence-corrected chi connectivity index (χ4v) is 1.89. The van der Waals surface area contributed by atoms with Gasteiger partial charge in [-0.15, -0.1) is 0 Å². The maximum Gasteiger partial charge on any atom is 0.238 e. The van der Waals surface area contributed by atoms with Gasteiger partial charge >= 0.3 is 0 Å². The van der Waals surface area contributed by atoms with Crippen molar-refractivity contribution in [3.8, 4) is 0 Å². The normalized spacial score (nSPS) is 14.0. The Balaban J connectivity index is 2.55. The minimum atomic E-state index is -0.291. The van der Waals surface area contributed by atoms with Crippen LogP contribution in [-0.4, -0.2) is 48.7 Å². The van der Waals surface area contributed by atoms with Crippen LogP contribution in [0.15, 0.2) is 30.3 Å². The van der Waals surface area contributed by atoms with E-state index in [4.69, 9.17) is 0 Å². The fraction of sp³-hybridized carbons (Fsp3) is 0.500. The summed E-state index contributed by atoms with van der Waals surface area (Å²) in [6, 6.07) is 9.54. The van der Waals surface area contributed by atoms with Gasteiger partial charge < -0.3 is 15.3 Å². The van der Waals surface area contributed by atoms with E-state index >= 15 is 0 Å². The molecule has 2 N–H and O–H groups in total. The summed E-state index contributed by atoms with van der Waals surface area (Å²) in [7, 11) is 3.46. The van der Waals surface area contributed by atoms with E-state index in [0.29, 0.717) is 6.42 Å². The van der Waals surface area contributed by atoms with Crippen molar-refractivity contribution in [2.75, 3.05) is 20.7 Å². The van der Waals surface area contributed by atoms with Gasteiger partial charge in [-0.3, -0.25) is 4.79 Å². The zero-order valence-electron chi connectivity index (χ0n) is 11.3. The molecule has 1 aromatic rings. The molecule has 4 nitrogen and oxygen atoms in total. The predicted molar refractivity (Wildman–Crippen MR) is 72.3 cm³/mol. The van der Waals surface area contributed by atoms with Crippen LogP contribution in [0.1, 0.15) is 12.5 Å². The number of rotatable bonds is 6. The molecule has 0 aliphatic carbocycles. The van der Waals surface area contributed by atoms with Crippen LogP contribution in [0.2, 0.25) is 0 Å². The average molecular weight is 250 g/mol. The molecule has 100 valence electrons. The predicted octanol–water partition coefficient (Wildman–Crippen LogP) is 0.656. The maximum absolute atomic E-state index is 11.7. The molecule has 18 heavy (non-hydrogen) atoms. The second kappa shape index (κ2) is 7.13. The number of nitrogens with one attached hydrogen (secondary N) is 1. The maximum atomic E-state index is 11.7. The van der Waals surface area contributed by atoms with Crippen molar-refractivity contribution in [2.24, 2.45) is 0 Å². The number of carbonyl (C=O) groups excluding carboxylic acids is 1. The first kappa shape index (κ1) is 14.7. The Hall–Kier alpha value is -1.39. The molecule has 1 amide bonds. The van der Waals surface area contributed by atoms with E-state index in [1.165, 1.54) is 0 Å². The van der Waals surface area contributed by atoms with Crippen molar-refractivity contribution in [3.05, 3.63) is 35.9 Å². The van der Waals surface area contributed by atoms with Crippen molar-refractivity contribution in [1.29, 1.82) is 0 Å². The van der Waals surface area contributed by atoms with Crippen molar-refractivity contribution < 1.29 is 9.90 Å². The molecular weight excluding hydrogens is 228 g/mol. The second-order valence-corrected chi connectivity index (χ2v) is 4.69. The molecule has 0 saturated heterocycles. The third-order valence-electron chi connectivity index (χ3n) is 2.84. The molecule has 0 saturated carbocycles. The number of carbonyl (C=O) groups is 1. The molecule has 0 aliphatic rings. The molecule has 0 fully saturated rings. The van der Waals surface area contributed by atoms with Crippen LogP contribution in [0.25, 0.3) is 0 Å². The highest BCUT2D eigenvalue weighted by molar-refractivity contribution is 5.80. The molecule has 0 aliphatic heterocycles. The van der Waals surface area contributed by atoms with Crippen molar-refractivity contribution in [2.45, 2.75) is 25.4 Å². The number of benzene rings is 1. The molecule has 0 radical (unpaired) electrons. The first-order valence-corrected chi connectivity index (χ1v) is 6.16. The Morgan fingerprint density at radius 1 is 1.33 bits per heavy atom. The summed E-state index contributed by atoms with van der Waals surface area (Å²) in [5, 5.41) is 12.5. The summed E-state index contributed by atoms with van der Waals surface area (Å²) in [6.45, 7) is 1.83. The van der Waals surface area contributed by atoms with Crippen LogP contribution in [0.4, 0.5) is 0 Å². The molecule has 4 heteroatoms. The average Bonchev–Trinajstić information content (AvgIpc) is 2.37. The van der Waals surface area contributed by atoms with Gasteiger partial charge in [0.15, 0.2) is 0 Å². The van der Waals surface area contributed by atoms with Gasteiger partial charge in [-0.05, 0) is 18.9 Å². The highest BCUT2D eigenvalue weighted by Gasteiger charge is 2.18. The van der Waals surface area contributed by atoms with E-state index in [0.717, 1.165) is 5.56 Å². The summed E-state index contributed by atoms with van der Waals surface area (Å²) in [5.74, 6) is 0.0153. The number of aliphatic hydroxyl groups excluding tert-OH is 1. The highest BCUT2D eigenvalue weighted by atomic mass is 16.3. The number of hydrogen-bond donors (Lipinski definition) is 2. The minimum Gasteiger partial charge on any atom is -0.395 e. The number of nitrogens with zero attached hydrogens (tertiary/aromatic N) is 1. The molecule has 0 spiro atoms. The Kier molecular flexibility index (Phi) is 5.82. The summed E-state index contributed by atoms with van der Waals surface area (Å²) in [5.41, 5.74) is 1.15.